The van der Waals surface area contributed by atoms with Crippen LogP contribution in [0.2, 0.25) is 0 Å². The number of hydroxylamine groups is 1. The molecule has 0 fully saturated rings. The summed E-state index contributed by atoms with van der Waals surface area (Å²) < 4.78 is 15.9. The van der Waals surface area contributed by atoms with Gasteiger partial charge in [0.05, 0.1) is 11.1 Å². The summed E-state index contributed by atoms with van der Waals surface area (Å²) in [7, 11) is 1.87. The molecule has 2 aliphatic rings. The fourth-order valence-electron chi connectivity index (χ4n) is 3.83. The Morgan fingerprint density at radius 3 is 2.92 bits per heavy atom. The number of thioether (sulfide) groups is 1. The number of rotatable bonds is 3. The van der Waals surface area contributed by atoms with Gasteiger partial charge in [0.2, 0.25) is 0 Å². The van der Waals surface area contributed by atoms with Crippen molar-refractivity contribution < 1.29 is 14.4 Å². The highest BCUT2D eigenvalue weighted by molar-refractivity contribution is 8.03. The Hall–Kier alpha value is -2.32. The first-order valence-corrected chi connectivity index (χ1v) is 9.17. The Kier molecular flexibility index (Phi) is 4.04. The van der Waals surface area contributed by atoms with Gasteiger partial charge in [-0.25, -0.2) is 9.87 Å². The van der Waals surface area contributed by atoms with Crippen molar-refractivity contribution >= 4 is 17.7 Å². The van der Waals surface area contributed by atoms with Crippen molar-refractivity contribution in [2.75, 3.05) is 0 Å². The van der Waals surface area contributed by atoms with Crippen molar-refractivity contribution in [3.63, 3.8) is 0 Å². The van der Waals surface area contributed by atoms with E-state index >= 15 is 0 Å². The van der Waals surface area contributed by atoms with E-state index in [1.54, 1.807) is 41.0 Å². The lowest BCUT2D eigenvalue weighted by Crippen LogP contribution is -2.43. The lowest BCUT2D eigenvalue weighted by Gasteiger charge is -2.31. The van der Waals surface area contributed by atoms with Crippen LogP contribution in [0.3, 0.4) is 0 Å². The molecule has 1 amide bonds. The third-order valence-corrected chi connectivity index (χ3v) is 6.44. The van der Waals surface area contributed by atoms with E-state index in [2.05, 4.69) is 10.4 Å². The SMILES string of the molecule is Cc1c(F)cccc1C1(C(=O)NO)CC2=C(C1)S[C@H](c1ccn(C)n1)N2. The Balaban J connectivity index is 1.65. The zero-order valence-electron chi connectivity index (χ0n) is 14.4. The molecule has 4 rings (SSSR count). The van der Waals surface area contributed by atoms with Crippen molar-refractivity contribution in [1.82, 2.24) is 20.6 Å². The second-order valence-electron chi connectivity index (χ2n) is 6.75. The number of aromatic nitrogens is 2. The molecule has 136 valence electrons. The minimum atomic E-state index is -1.01. The quantitative estimate of drug-likeness (QED) is 0.569. The topological polar surface area (TPSA) is 79.2 Å². The number of carbonyl (C=O) groups is 1. The summed E-state index contributed by atoms with van der Waals surface area (Å²) in [6.07, 6.45) is 2.69. The van der Waals surface area contributed by atoms with Gasteiger partial charge in [-0.2, -0.15) is 5.10 Å². The van der Waals surface area contributed by atoms with Gasteiger partial charge in [0.25, 0.3) is 5.91 Å². The molecule has 1 aliphatic heterocycles. The van der Waals surface area contributed by atoms with Crippen molar-refractivity contribution in [3.8, 4) is 0 Å². The molecular weight excluding hydrogens is 355 g/mol. The first kappa shape index (κ1) is 17.1. The lowest BCUT2D eigenvalue weighted by molar-refractivity contribution is -0.135. The summed E-state index contributed by atoms with van der Waals surface area (Å²) >= 11 is 1.62. The smallest absolute Gasteiger partial charge is 0.254 e. The van der Waals surface area contributed by atoms with Crippen molar-refractivity contribution in [2.45, 2.75) is 30.6 Å². The van der Waals surface area contributed by atoms with Crippen LogP contribution in [-0.4, -0.2) is 20.9 Å². The van der Waals surface area contributed by atoms with E-state index in [0.29, 0.717) is 24.0 Å². The van der Waals surface area contributed by atoms with Crippen LogP contribution in [0.4, 0.5) is 4.39 Å². The van der Waals surface area contributed by atoms with E-state index < -0.39 is 11.3 Å². The minimum Gasteiger partial charge on any atom is -0.371 e. The highest BCUT2D eigenvalue weighted by Gasteiger charge is 2.50. The lowest BCUT2D eigenvalue weighted by atomic mass is 9.75. The number of nitrogens with zero attached hydrogens (tertiary/aromatic N) is 2. The molecule has 0 bridgehead atoms. The highest BCUT2D eigenvalue weighted by atomic mass is 32.2. The Morgan fingerprint density at radius 1 is 1.46 bits per heavy atom. The second kappa shape index (κ2) is 6.14. The van der Waals surface area contributed by atoms with E-state index in [-0.39, 0.29) is 11.2 Å². The van der Waals surface area contributed by atoms with Crippen LogP contribution in [-0.2, 0) is 17.3 Å². The number of hydrogen-bond acceptors (Lipinski definition) is 5. The number of allylic oxidation sites excluding steroid dienone is 2. The van der Waals surface area contributed by atoms with Gasteiger partial charge in [-0.1, -0.05) is 23.9 Å². The van der Waals surface area contributed by atoms with Gasteiger partial charge in [-0.05, 0) is 36.6 Å². The molecule has 0 radical (unpaired) electrons. The highest BCUT2D eigenvalue weighted by Crippen LogP contribution is 2.55. The first-order valence-electron chi connectivity index (χ1n) is 8.29. The maximum absolute atomic E-state index is 14.1. The summed E-state index contributed by atoms with van der Waals surface area (Å²) in [5.74, 6) is -0.871. The van der Waals surface area contributed by atoms with Crippen LogP contribution in [0.25, 0.3) is 0 Å². The number of nitrogens with one attached hydrogen (secondary N) is 2. The van der Waals surface area contributed by atoms with Crippen LogP contribution in [0.5, 0.6) is 0 Å². The van der Waals surface area contributed by atoms with Gasteiger partial charge in [-0.3, -0.25) is 14.7 Å². The van der Waals surface area contributed by atoms with Crippen molar-refractivity contribution in [2.24, 2.45) is 7.05 Å². The van der Waals surface area contributed by atoms with Crippen LogP contribution >= 0.6 is 11.8 Å². The number of carbonyl (C=O) groups excluding carboxylic acids is 1. The maximum Gasteiger partial charge on any atom is 0.254 e. The van der Waals surface area contributed by atoms with Crippen molar-refractivity contribution in [1.29, 1.82) is 0 Å². The second-order valence-corrected chi connectivity index (χ2v) is 7.95. The fourth-order valence-corrected chi connectivity index (χ4v) is 5.17. The van der Waals surface area contributed by atoms with E-state index in [4.69, 9.17) is 0 Å². The Bertz CT molecular complexity index is 906. The molecule has 1 aromatic carbocycles. The predicted molar refractivity (Wildman–Crippen MR) is 95.7 cm³/mol. The van der Waals surface area contributed by atoms with Crippen LogP contribution in [0, 0.1) is 12.7 Å². The van der Waals surface area contributed by atoms with Gasteiger partial charge >= 0.3 is 0 Å². The monoisotopic (exact) mass is 374 g/mol. The van der Waals surface area contributed by atoms with Gasteiger partial charge in [-0.15, -0.1) is 0 Å². The fraction of sp³-hybridized carbons (Fsp3) is 0.333. The van der Waals surface area contributed by atoms with E-state index in [1.807, 2.05) is 19.3 Å². The van der Waals surface area contributed by atoms with E-state index in [1.165, 1.54) is 6.07 Å². The molecule has 6 nitrogen and oxygen atoms in total. The molecule has 1 aliphatic carbocycles. The molecule has 26 heavy (non-hydrogen) atoms. The molecule has 2 heterocycles. The average Bonchev–Trinajstić information content (AvgIpc) is 3.29. The normalized spacial score (nSPS) is 24.5. The summed E-state index contributed by atoms with van der Waals surface area (Å²) in [5.41, 5.74) is 3.69. The number of amides is 1. The third-order valence-electron chi connectivity index (χ3n) is 5.17. The number of halogens is 1. The molecule has 0 spiro atoms. The van der Waals surface area contributed by atoms with Gasteiger partial charge in [0.1, 0.15) is 11.2 Å². The predicted octanol–water partition coefficient (Wildman–Crippen LogP) is 2.65. The van der Waals surface area contributed by atoms with Gasteiger partial charge < -0.3 is 5.32 Å². The average molecular weight is 374 g/mol. The van der Waals surface area contributed by atoms with Crippen LogP contribution in [0.15, 0.2) is 41.1 Å². The summed E-state index contributed by atoms with van der Waals surface area (Å²) in [5, 5.41) is 17.2. The standard InChI is InChI=1S/C18H19FN4O2S/c1-10-11(4-3-5-12(10)19)18(17(24)22-25)8-14-15(9-18)26-16(20-14)13-6-7-23(2)21-13/h3-7,16,20,25H,8-9H2,1-2H3,(H,22,24)/t16-,18?/m1/s1. The minimum absolute atomic E-state index is 0.00462. The number of hydrogen-bond donors (Lipinski definition) is 3. The zero-order valence-corrected chi connectivity index (χ0v) is 15.2. The molecule has 0 saturated heterocycles. The third kappa shape index (κ3) is 2.52. The zero-order chi connectivity index (χ0) is 18.5. The molecule has 2 atom stereocenters. The summed E-state index contributed by atoms with van der Waals surface area (Å²) in [4.78, 5) is 13.7. The summed E-state index contributed by atoms with van der Waals surface area (Å²) in [6.45, 7) is 1.66. The Labute approximate surface area is 154 Å². The van der Waals surface area contributed by atoms with Crippen LogP contribution in [0.1, 0.15) is 35.0 Å². The van der Waals surface area contributed by atoms with Crippen LogP contribution < -0.4 is 10.8 Å². The van der Waals surface area contributed by atoms with E-state index in [0.717, 1.165) is 16.3 Å². The molecule has 2 aromatic rings. The molecule has 1 unspecified atom stereocenters. The molecule has 3 N–H and O–H groups in total. The largest absolute Gasteiger partial charge is 0.371 e. The maximum atomic E-state index is 14.1. The number of benzene rings is 1. The molecule has 0 saturated carbocycles. The molecule has 8 heteroatoms. The molecular formula is C18H19FN4O2S. The number of aryl methyl sites for hydroxylation is 1. The first-order chi connectivity index (χ1) is 12.4. The van der Waals surface area contributed by atoms with E-state index in [9.17, 15) is 14.4 Å². The Morgan fingerprint density at radius 2 is 2.27 bits per heavy atom. The van der Waals surface area contributed by atoms with Gasteiger partial charge in [0.15, 0.2) is 0 Å². The van der Waals surface area contributed by atoms with Crippen molar-refractivity contribution in [3.05, 3.63) is 63.7 Å². The summed E-state index contributed by atoms with van der Waals surface area (Å²) in [6, 6.07) is 6.70. The van der Waals surface area contributed by atoms with Gasteiger partial charge in [0, 0.05) is 30.3 Å². The molecule has 1 aromatic heterocycles.